The molecule has 0 aromatic rings. The Hall–Kier alpha value is -3.14. The van der Waals surface area contributed by atoms with Gasteiger partial charge in [0, 0.05) is 19.3 Å². The van der Waals surface area contributed by atoms with Gasteiger partial charge >= 0.3 is 0 Å². The Bertz CT molecular complexity index is 4490. The summed E-state index contributed by atoms with van der Waals surface area (Å²) < 4.78 is 53.9. The summed E-state index contributed by atoms with van der Waals surface area (Å²) in [6.07, 6.45) is 33.9. The molecule has 25 aliphatic rings. The zero-order chi connectivity index (χ0) is 97.0. The fourth-order valence-corrected chi connectivity index (χ4v) is 35.0. The van der Waals surface area contributed by atoms with Crippen molar-refractivity contribution in [3.05, 3.63) is 123 Å². The smallest absolute Gasteiger partial charge is 0.138 e. The molecule has 0 aliphatic heterocycles. The van der Waals surface area contributed by atoms with Gasteiger partial charge in [0.1, 0.15) is 22.7 Å². The number of allylic oxidation sites excluding steroid dienone is 22. The average Bonchev–Trinajstić information content (AvgIpc) is 1.53. The average molecular weight is 1770 g/mol. The Morgan fingerprint density at radius 1 is 0.211 bits per heavy atom. The third kappa shape index (κ3) is 15.2. The lowest BCUT2D eigenvalue weighted by atomic mass is 9.59. The van der Waals surface area contributed by atoms with Crippen molar-refractivity contribution >= 4 is 0 Å². The summed E-state index contributed by atoms with van der Waals surface area (Å²) in [5.74, 6) is 5.83. The van der Waals surface area contributed by atoms with Crippen molar-refractivity contribution in [3.63, 3.8) is 0 Å². The zero-order valence-electron chi connectivity index (χ0n) is 92.8. The van der Waals surface area contributed by atoms with Gasteiger partial charge in [0.05, 0.1) is 0 Å². The lowest BCUT2D eigenvalue weighted by Gasteiger charge is -2.45. The molecule has 16 atom stereocenters. The quantitative estimate of drug-likeness (QED) is 0.168. The van der Waals surface area contributed by atoms with Crippen molar-refractivity contribution in [3.8, 4) is 0 Å². The van der Waals surface area contributed by atoms with Crippen LogP contribution < -0.4 is 0 Å². The van der Waals surface area contributed by atoms with Crippen LogP contribution in [0.4, 0.5) is 17.6 Å². The van der Waals surface area contributed by atoms with Gasteiger partial charge in [-0.1, -0.05) is 266 Å². The molecule has 0 amide bonds. The van der Waals surface area contributed by atoms with E-state index in [9.17, 15) is 17.6 Å². The summed E-state index contributed by atoms with van der Waals surface area (Å²) in [5, 5.41) is 0. The largest absolute Gasteiger partial charge is 0.239 e. The zero-order valence-corrected chi connectivity index (χ0v) is 92.8. The molecule has 0 saturated heterocycles. The van der Waals surface area contributed by atoms with Crippen LogP contribution in [-0.2, 0) is 0 Å². The van der Waals surface area contributed by atoms with E-state index < -0.39 is 22.7 Å². The van der Waals surface area contributed by atoms with Gasteiger partial charge in [-0.15, -0.1) is 0 Å². The molecule has 0 spiro atoms. The lowest BCUT2D eigenvalue weighted by Crippen LogP contribution is -2.44. The van der Waals surface area contributed by atoms with Gasteiger partial charge in [-0.25, -0.2) is 17.6 Å². The summed E-state index contributed by atoms with van der Waals surface area (Å²) in [7, 11) is 0. The molecule has 4 heteroatoms. The fraction of sp³-hybridized carbons (Fsp3) is 0.823. The highest BCUT2D eigenvalue weighted by Gasteiger charge is 2.69. The Labute approximate surface area is 789 Å². The van der Waals surface area contributed by atoms with Crippen LogP contribution in [0.2, 0.25) is 0 Å². The Morgan fingerprint density at radius 2 is 0.516 bits per heavy atom. The number of fused-ring (bicyclic) bond motifs is 16. The predicted molar refractivity (Wildman–Crippen MR) is 548 cm³/mol. The summed E-state index contributed by atoms with van der Waals surface area (Å²) in [6, 6.07) is 0. The van der Waals surface area contributed by atoms with Crippen molar-refractivity contribution in [1.29, 1.82) is 0 Å². The van der Waals surface area contributed by atoms with Gasteiger partial charge in [0.15, 0.2) is 0 Å². The number of hydrogen-bond acceptors (Lipinski definition) is 0. The molecule has 0 radical (unpaired) electrons. The Kier molecular flexibility index (Phi) is 26.1. The van der Waals surface area contributed by atoms with E-state index in [1.54, 1.807) is 128 Å². The molecule has 0 aromatic carbocycles. The number of alkyl halides is 4. The van der Waals surface area contributed by atoms with E-state index in [1.807, 2.05) is 0 Å². The summed E-state index contributed by atoms with van der Waals surface area (Å²) >= 11 is 0. The number of hydrogen-bond donors (Lipinski definition) is 0. The van der Waals surface area contributed by atoms with Crippen LogP contribution in [0.1, 0.15) is 498 Å². The molecule has 724 valence electrons. The third-order valence-electron chi connectivity index (χ3n) is 49.0. The van der Waals surface area contributed by atoms with Crippen LogP contribution in [0, 0.1) is 133 Å². The molecule has 128 heavy (non-hydrogen) atoms. The topological polar surface area (TPSA) is 0 Å². The first-order valence-corrected chi connectivity index (χ1v) is 53.0. The van der Waals surface area contributed by atoms with Gasteiger partial charge < -0.3 is 0 Å². The maximum atomic E-state index is 13.7. The predicted octanol–water partition coefficient (Wildman–Crippen LogP) is 39.5. The number of rotatable bonds is 0. The van der Waals surface area contributed by atoms with E-state index >= 15 is 0 Å². The molecule has 0 nitrogen and oxygen atoms in total. The van der Waals surface area contributed by atoms with E-state index in [2.05, 4.69) is 291 Å². The van der Waals surface area contributed by atoms with Crippen molar-refractivity contribution in [2.45, 2.75) is 521 Å². The first-order chi connectivity index (χ1) is 57.8. The fourth-order valence-electron chi connectivity index (χ4n) is 35.0. The molecule has 16 unspecified atom stereocenters. The van der Waals surface area contributed by atoms with Gasteiger partial charge in [-0.2, -0.15) is 0 Å². The maximum absolute atomic E-state index is 13.7. The molecule has 0 N–H and O–H groups in total. The minimum atomic E-state index is -1.29. The minimum absolute atomic E-state index is 0.0810. The highest BCUT2D eigenvalue weighted by molar-refractivity contribution is 5.48. The monoisotopic (exact) mass is 1770 g/mol. The second kappa shape index (κ2) is 32.2. The summed E-state index contributed by atoms with van der Waals surface area (Å²) in [6.45, 7) is 107. The van der Waals surface area contributed by atoms with E-state index in [0.717, 1.165) is 35.5 Å². The van der Waals surface area contributed by atoms with Gasteiger partial charge in [0.25, 0.3) is 0 Å². The molecule has 0 aromatic heterocycles. The third-order valence-corrected chi connectivity index (χ3v) is 49.0. The van der Waals surface area contributed by atoms with Crippen molar-refractivity contribution < 1.29 is 17.6 Å². The van der Waals surface area contributed by atoms with Crippen LogP contribution in [0.5, 0.6) is 0 Å². The minimum Gasteiger partial charge on any atom is -0.239 e. The van der Waals surface area contributed by atoms with Crippen LogP contribution in [-0.4, -0.2) is 22.7 Å². The van der Waals surface area contributed by atoms with Crippen LogP contribution in [0.15, 0.2) is 123 Å². The molecule has 22 bridgehead atoms. The second-order valence-electron chi connectivity index (χ2n) is 57.0. The molecular formula is C124H200F4. The SMILES string of the molecule is CC1=C(C)C2(C(C)(C)C)CCC1(C(C)(C)C)C2.CC1=C(C)C2(C(C)(C)C)CCC1(C)C2.CC1=C(C)C2(C(C)(C)C)CCC1C2.CC1=C(C)C2(C)CC1(C)C2.CC1=C(C)C2(C)CCC1(C)C2.CC1=C(C)C2(C)CCC1(C)C2(C)C.CC1=C(C)C2(C)CCC1C2(C)C.CC1=C(C)C2(F)CC1(F)C2.CC1=C(C)C2(F)CCC1(F)C2.CC1=C(C)C2CC1C2.CC1=C(C)C2CCC1C2. The first kappa shape index (κ1) is 104. The van der Waals surface area contributed by atoms with Crippen molar-refractivity contribution in [1.82, 2.24) is 0 Å². The Balaban J connectivity index is 0.000000128. The lowest BCUT2D eigenvalue weighted by molar-refractivity contribution is -0.0107. The normalized spacial score (nSPS) is 44.7. The van der Waals surface area contributed by atoms with Gasteiger partial charge in [-0.05, 0) is 468 Å². The highest BCUT2D eigenvalue weighted by atomic mass is 19.2. The van der Waals surface area contributed by atoms with Gasteiger partial charge in [-0.3, -0.25) is 0 Å². The number of halogens is 4. The highest BCUT2D eigenvalue weighted by Crippen LogP contribution is 2.78. The standard InChI is InChI=1S/C17H30.C14H24.2C13H22.C12H20.C11H18.C10H16.C9H12F2.C9H14.C8H10F2.C8H12/c1-12-13(2)17(15(6,7)8)10-9-16(12,11-17)14(3,4)5;1-10-11(2)14(12(3,4)5)8-7-13(10,6)9-14;1-9-10(2)13(6)8-7-12(9,5)11(13,3)4;1-9-10(2)13(12(3,4)5)7-6-11(9)8-13;1-8-9(2)12(5)7-6-10(8)11(12,3)4;1-8-9(2)11(4)6-5-10(8,3)7-11;1-7-8(2)10(4)5-9(7,3)6-10;1-6-7(2)9(11)4-3-8(6,10)5-9;1-6-7(2)9-4-3-8(6)5-9;1-5-6(2)8(10)3-7(5,9)4-8;1-5-6(2)8-3-7(5)4-8/h9-11H2,1-8H3;7-9H2,1-6H3;7-8H2,1-6H3;11H,6-8H2,1-5H3;10H,6-7H2,1-5H3;5-7H2,1-4H3;5-6H2,1-4H3;3-5H2,1-2H3;8-9H,3-5H2,1-2H3;3-4H2,1-2H3;7-8H,3-4H2,1-2H3. The van der Waals surface area contributed by atoms with Crippen LogP contribution in [0.25, 0.3) is 0 Å². The summed E-state index contributed by atoms with van der Waals surface area (Å²) in [5.41, 5.74) is 37.1. The molecule has 0 heterocycles. The van der Waals surface area contributed by atoms with Crippen LogP contribution in [0.3, 0.4) is 0 Å². The van der Waals surface area contributed by atoms with Crippen molar-refractivity contribution in [2.24, 2.45) is 133 Å². The molecule has 11 fully saturated rings. The molecular weight excluding hydrogens is 1570 g/mol. The maximum Gasteiger partial charge on any atom is 0.138 e. The van der Waals surface area contributed by atoms with Crippen molar-refractivity contribution in [2.75, 3.05) is 0 Å². The Morgan fingerprint density at radius 3 is 0.711 bits per heavy atom. The summed E-state index contributed by atoms with van der Waals surface area (Å²) in [4.78, 5) is 0. The van der Waals surface area contributed by atoms with E-state index in [4.69, 9.17) is 0 Å². The second-order valence-corrected chi connectivity index (χ2v) is 57.0. The molecule has 11 saturated carbocycles. The van der Waals surface area contributed by atoms with E-state index in [-0.39, 0.29) is 19.3 Å². The molecule has 25 rings (SSSR count). The first-order valence-electron chi connectivity index (χ1n) is 53.0. The van der Waals surface area contributed by atoms with E-state index in [1.165, 1.54) is 148 Å². The molecule has 25 aliphatic carbocycles. The van der Waals surface area contributed by atoms with E-state index in [0.29, 0.717) is 133 Å². The van der Waals surface area contributed by atoms with Gasteiger partial charge in [0.2, 0.25) is 0 Å². The van der Waals surface area contributed by atoms with Crippen LogP contribution >= 0.6 is 0 Å².